The minimum Gasteiger partial charge on any atom is -0.257 e. The number of hydrogen-bond acceptors (Lipinski definition) is 4. The average molecular weight is 477 g/mol. The molecule has 4 rings (SSSR count). The lowest BCUT2D eigenvalue weighted by molar-refractivity contribution is 0.0930. The first-order chi connectivity index (χ1) is 16.1. The van der Waals surface area contributed by atoms with E-state index in [4.69, 9.17) is 15.0 Å². The van der Waals surface area contributed by atoms with Crippen LogP contribution in [0, 0.1) is 34.0 Å². The van der Waals surface area contributed by atoms with Crippen molar-refractivity contribution in [3.8, 4) is 0 Å². The summed E-state index contributed by atoms with van der Waals surface area (Å²) in [5, 5.41) is 0. The summed E-state index contributed by atoms with van der Waals surface area (Å²) in [5.41, 5.74) is 6.75. The zero-order chi connectivity index (χ0) is 26.0. The molecule has 4 heteroatoms. The average Bonchev–Trinajstić information content (AvgIpc) is 3.30. The van der Waals surface area contributed by atoms with Crippen LogP contribution in [0.5, 0.6) is 0 Å². The van der Waals surface area contributed by atoms with Gasteiger partial charge >= 0.3 is 0 Å². The molecule has 0 spiro atoms. The summed E-state index contributed by atoms with van der Waals surface area (Å²) in [7, 11) is 0. The van der Waals surface area contributed by atoms with Gasteiger partial charge < -0.3 is 0 Å². The zero-order valence-electron chi connectivity index (χ0n) is 24.2. The standard InChI is InChI=1S/C31H48N4/c1-12-31(19(2)3)24(29(7,8)9)14-23-27(31)33-17-21(35-23)15-30(10,11)25-22(28(4,5)6)13-20-16-32-18-34-26(20)25/h16-19,22,24-25H,12-15H2,1-11H3. The van der Waals surface area contributed by atoms with E-state index in [1.807, 2.05) is 6.20 Å². The van der Waals surface area contributed by atoms with Gasteiger partial charge in [0.1, 0.15) is 6.33 Å². The Hall–Kier alpha value is -1.84. The number of aromatic nitrogens is 4. The molecule has 0 aliphatic heterocycles. The van der Waals surface area contributed by atoms with E-state index in [1.165, 1.54) is 22.6 Å². The molecule has 192 valence electrons. The molecule has 2 aromatic rings. The summed E-state index contributed by atoms with van der Waals surface area (Å²) in [4.78, 5) is 19.7. The van der Waals surface area contributed by atoms with Gasteiger partial charge in [-0.1, -0.05) is 76.2 Å². The van der Waals surface area contributed by atoms with Crippen molar-refractivity contribution in [1.29, 1.82) is 0 Å². The van der Waals surface area contributed by atoms with Crippen LogP contribution in [0.2, 0.25) is 0 Å². The van der Waals surface area contributed by atoms with Crippen LogP contribution >= 0.6 is 0 Å². The second kappa shape index (κ2) is 8.63. The quantitative estimate of drug-likeness (QED) is 0.452. The Morgan fingerprint density at radius 3 is 2.20 bits per heavy atom. The molecule has 0 bridgehead atoms. The first-order valence-corrected chi connectivity index (χ1v) is 13.8. The first-order valence-electron chi connectivity index (χ1n) is 13.8. The third-order valence-corrected chi connectivity index (χ3v) is 9.57. The second-order valence-corrected chi connectivity index (χ2v) is 14.6. The van der Waals surface area contributed by atoms with Gasteiger partial charge in [-0.2, -0.15) is 0 Å². The third kappa shape index (κ3) is 4.33. The normalized spacial score (nSPS) is 26.8. The summed E-state index contributed by atoms with van der Waals surface area (Å²) in [6, 6.07) is 0. The first kappa shape index (κ1) is 26.2. The van der Waals surface area contributed by atoms with Crippen LogP contribution in [0.25, 0.3) is 0 Å². The van der Waals surface area contributed by atoms with E-state index in [0.717, 1.165) is 31.4 Å². The Morgan fingerprint density at radius 1 is 0.943 bits per heavy atom. The third-order valence-electron chi connectivity index (χ3n) is 9.57. The molecular formula is C31H48N4. The number of hydrogen-bond donors (Lipinski definition) is 0. The van der Waals surface area contributed by atoms with Gasteiger partial charge in [0, 0.05) is 23.7 Å². The van der Waals surface area contributed by atoms with E-state index in [0.29, 0.717) is 23.7 Å². The Morgan fingerprint density at radius 2 is 1.63 bits per heavy atom. The Balaban J connectivity index is 1.71. The van der Waals surface area contributed by atoms with E-state index in [2.05, 4.69) is 87.3 Å². The SMILES string of the molecule is CCC1(C(C)C)c2ncc(CC(C)(C)C3c4ncncc4CC3C(C)(C)C)nc2CC1C(C)(C)C. The molecular weight excluding hydrogens is 428 g/mol. The van der Waals surface area contributed by atoms with Gasteiger partial charge in [-0.05, 0) is 65.2 Å². The molecule has 0 amide bonds. The van der Waals surface area contributed by atoms with E-state index in [-0.39, 0.29) is 21.7 Å². The van der Waals surface area contributed by atoms with Crippen LogP contribution < -0.4 is 0 Å². The predicted molar refractivity (Wildman–Crippen MR) is 144 cm³/mol. The fourth-order valence-corrected chi connectivity index (χ4v) is 7.85. The van der Waals surface area contributed by atoms with Crippen molar-refractivity contribution in [3.05, 3.63) is 47.1 Å². The van der Waals surface area contributed by atoms with Crippen LogP contribution in [0.15, 0.2) is 18.7 Å². The summed E-state index contributed by atoms with van der Waals surface area (Å²) in [5.74, 6) is 2.01. The van der Waals surface area contributed by atoms with Crippen molar-refractivity contribution < 1.29 is 0 Å². The highest BCUT2D eigenvalue weighted by Gasteiger charge is 2.54. The molecule has 2 heterocycles. The number of rotatable bonds is 5. The van der Waals surface area contributed by atoms with Gasteiger partial charge in [0.15, 0.2) is 0 Å². The summed E-state index contributed by atoms with van der Waals surface area (Å²) in [6.07, 6.45) is 9.99. The maximum Gasteiger partial charge on any atom is 0.115 e. The summed E-state index contributed by atoms with van der Waals surface area (Å²) >= 11 is 0. The predicted octanol–water partition coefficient (Wildman–Crippen LogP) is 7.36. The van der Waals surface area contributed by atoms with Crippen molar-refractivity contribution in [2.75, 3.05) is 0 Å². The molecule has 0 aromatic carbocycles. The van der Waals surface area contributed by atoms with Gasteiger partial charge in [0.25, 0.3) is 0 Å². The van der Waals surface area contributed by atoms with E-state index >= 15 is 0 Å². The lowest BCUT2D eigenvalue weighted by Crippen LogP contribution is -2.43. The van der Waals surface area contributed by atoms with Crippen LogP contribution in [-0.4, -0.2) is 19.9 Å². The molecule has 2 aliphatic rings. The molecule has 0 fully saturated rings. The Labute approximate surface area is 214 Å². The minimum absolute atomic E-state index is 0.0163. The van der Waals surface area contributed by atoms with Gasteiger partial charge in [0.2, 0.25) is 0 Å². The van der Waals surface area contributed by atoms with E-state index in [9.17, 15) is 0 Å². The maximum atomic E-state index is 5.35. The Kier molecular flexibility index (Phi) is 6.47. The van der Waals surface area contributed by atoms with Crippen molar-refractivity contribution in [2.24, 2.45) is 34.0 Å². The lowest BCUT2D eigenvalue weighted by atomic mass is 9.59. The maximum absolute atomic E-state index is 5.35. The lowest BCUT2D eigenvalue weighted by Gasteiger charge is -2.45. The van der Waals surface area contributed by atoms with Crippen molar-refractivity contribution >= 4 is 0 Å². The largest absolute Gasteiger partial charge is 0.257 e. The molecule has 2 aliphatic carbocycles. The van der Waals surface area contributed by atoms with Crippen LogP contribution in [-0.2, 0) is 24.7 Å². The van der Waals surface area contributed by atoms with E-state index < -0.39 is 0 Å². The van der Waals surface area contributed by atoms with Crippen molar-refractivity contribution in [2.45, 2.75) is 113 Å². The topological polar surface area (TPSA) is 51.6 Å². The van der Waals surface area contributed by atoms with Gasteiger partial charge in [-0.3, -0.25) is 9.97 Å². The molecule has 0 radical (unpaired) electrons. The fourth-order valence-electron chi connectivity index (χ4n) is 7.85. The fraction of sp³-hybridized carbons (Fsp3) is 0.742. The number of fused-ring (bicyclic) bond motifs is 2. The highest BCUT2D eigenvalue weighted by atomic mass is 14.9. The minimum atomic E-state index is 0.0163. The van der Waals surface area contributed by atoms with Gasteiger partial charge in [-0.25, -0.2) is 9.97 Å². The Bertz CT molecular complexity index is 1070. The molecule has 4 atom stereocenters. The van der Waals surface area contributed by atoms with Crippen molar-refractivity contribution in [3.63, 3.8) is 0 Å². The molecule has 35 heavy (non-hydrogen) atoms. The summed E-state index contributed by atoms with van der Waals surface area (Å²) in [6.45, 7) is 26.2. The molecule has 0 saturated carbocycles. The molecule has 4 nitrogen and oxygen atoms in total. The van der Waals surface area contributed by atoms with Gasteiger partial charge in [-0.15, -0.1) is 0 Å². The molecule has 0 N–H and O–H groups in total. The highest BCUT2D eigenvalue weighted by Crippen LogP contribution is 2.56. The second-order valence-electron chi connectivity index (χ2n) is 14.6. The zero-order valence-corrected chi connectivity index (χ0v) is 24.2. The van der Waals surface area contributed by atoms with Crippen LogP contribution in [0.3, 0.4) is 0 Å². The van der Waals surface area contributed by atoms with Crippen molar-refractivity contribution in [1.82, 2.24) is 19.9 Å². The van der Waals surface area contributed by atoms with Crippen LogP contribution in [0.4, 0.5) is 0 Å². The molecule has 4 unspecified atom stereocenters. The monoisotopic (exact) mass is 476 g/mol. The van der Waals surface area contributed by atoms with Crippen LogP contribution in [0.1, 0.15) is 117 Å². The smallest absolute Gasteiger partial charge is 0.115 e. The van der Waals surface area contributed by atoms with E-state index in [1.54, 1.807) is 6.33 Å². The highest BCUT2D eigenvalue weighted by molar-refractivity contribution is 5.35. The number of nitrogens with zero attached hydrogens (tertiary/aromatic N) is 4. The molecule has 0 saturated heterocycles. The molecule has 2 aromatic heterocycles. The summed E-state index contributed by atoms with van der Waals surface area (Å²) < 4.78 is 0. The van der Waals surface area contributed by atoms with Gasteiger partial charge in [0.05, 0.1) is 22.8 Å².